The number of nitrogens with zero attached hydrogens (tertiary/aromatic N) is 4. The summed E-state index contributed by atoms with van der Waals surface area (Å²) in [6, 6.07) is 10.6. The van der Waals surface area contributed by atoms with Crippen molar-refractivity contribution in [3.8, 4) is 0 Å². The lowest BCUT2D eigenvalue weighted by atomic mass is 9.99. The zero-order chi connectivity index (χ0) is 20.9. The molecule has 0 bridgehead atoms. The van der Waals surface area contributed by atoms with E-state index in [4.69, 9.17) is 22.2 Å². The summed E-state index contributed by atoms with van der Waals surface area (Å²) in [4.78, 5) is 14.3. The first-order valence-corrected chi connectivity index (χ1v) is 11.5. The Kier molecular flexibility index (Phi) is 6.67. The molecule has 0 saturated carbocycles. The smallest absolute Gasteiger partial charge is 0.232 e. The van der Waals surface area contributed by atoms with Gasteiger partial charge in [-0.2, -0.15) is 9.97 Å². The predicted octanol–water partition coefficient (Wildman–Crippen LogP) is 4.11. The van der Waals surface area contributed by atoms with Crippen LogP contribution in [-0.2, 0) is 6.54 Å². The summed E-state index contributed by atoms with van der Waals surface area (Å²) in [6.07, 6.45) is 4.87. The minimum atomic E-state index is 0.548. The Labute approximate surface area is 185 Å². The number of hydrogen-bond donors (Lipinski definition) is 2. The van der Waals surface area contributed by atoms with Gasteiger partial charge in [-0.25, -0.2) is 0 Å². The highest BCUT2D eigenvalue weighted by atomic mass is 32.1. The molecule has 1 aromatic heterocycles. The van der Waals surface area contributed by atoms with Crippen LogP contribution in [0.2, 0.25) is 0 Å². The van der Waals surface area contributed by atoms with Crippen LogP contribution in [0, 0.1) is 12.8 Å². The standard InChI is InChI=1S/C23H32N6S/c1-17-5-7-19(8-6-17)16-24-23(30)27-22-25-20(28-11-3-4-12-28)15-21(26-22)29-13-9-18(2)10-14-29/h5-8,15,18H,3-4,9-14,16H2,1-2H3,(H2,24,25,26,27,30). The Morgan fingerprint density at radius 1 is 1.00 bits per heavy atom. The van der Waals surface area contributed by atoms with Crippen molar-refractivity contribution in [1.29, 1.82) is 0 Å². The van der Waals surface area contributed by atoms with Gasteiger partial charge in [-0.15, -0.1) is 0 Å². The van der Waals surface area contributed by atoms with E-state index in [-0.39, 0.29) is 0 Å². The second-order valence-corrected chi connectivity index (χ2v) is 8.97. The molecule has 6 nitrogen and oxygen atoms in total. The van der Waals surface area contributed by atoms with Gasteiger partial charge in [-0.05, 0) is 56.3 Å². The second kappa shape index (κ2) is 9.60. The van der Waals surface area contributed by atoms with Crippen molar-refractivity contribution in [2.24, 2.45) is 5.92 Å². The van der Waals surface area contributed by atoms with E-state index in [1.807, 2.05) is 0 Å². The number of piperidine rings is 1. The zero-order valence-corrected chi connectivity index (χ0v) is 18.8. The molecule has 0 unspecified atom stereocenters. The number of nitrogens with one attached hydrogen (secondary N) is 2. The van der Waals surface area contributed by atoms with E-state index in [1.165, 1.54) is 36.8 Å². The van der Waals surface area contributed by atoms with Gasteiger partial charge in [-0.1, -0.05) is 36.8 Å². The molecule has 0 spiro atoms. The van der Waals surface area contributed by atoms with Crippen molar-refractivity contribution in [1.82, 2.24) is 15.3 Å². The maximum atomic E-state index is 5.52. The molecule has 4 rings (SSSR count). The van der Waals surface area contributed by atoms with E-state index in [0.717, 1.165) is 43.7 Å². The molecule has 0 radical (unpaired) electrons. The molecule has 2 saturated heterocycles. The number of benzene rings is 1. The Morgan fingerprint density at radius 2 is 1.60 bits per heavy atom. The second-order valence-electron chi connectivity index (χ2n) is 8.56. The molecule has 2 N–H and O–H groups in total. The van der Waals surface area contributed by atoms with E-state index < -0.39 is 0 Å². The molecule has 0 aliphatic carbocycles. The molecular weight excluding hydrogens is 392 g/mol. The molecule has 7 heteroatoms. The third kappa shape index (κ3) is 5.39. The van der Waals surface area contributed by atoms with Crippen LogP contribution in [0.15, 0.2) is 30.3 Å². The summed E-state index contributed by atoms with van der Waals surface area (Å²) >= 11 is 5.52. The van der Waals surface area contributed by atoms with E-state index in [9.17, 15) is 0 Å². The van der Waals surface area contributed by atoms with Gasteiger partial charge in [0.05, 0.1) is 0 Å². The van der Waals surface area contributed by atoms with Crippen molar-refractivity contribution in [2.75, 3.05) is 41.3 Å². The highest BCUT2D eigenvalue weighted by Gasteiger charge is 2.21. The largest absolute Gasteiger partial charge is 0.358 e. The van der Waals surface area contributed by atoms with Crippen LogP contribution in [-0.4, -0.2) is 41.3 Å². The van der Waals surface area contributed by atoms with Crippen molar-refractivity contribution < 1.29 is 0 Å². The SMILES string of the molecule is Cc1ccc(CNC(=S)Nc2nc(N3CCCC3)cc(N3CCC(C)CC3)n2)cc1. The summed E-state index contributed by atoms with van der Waals surface area (Å²) in [6.45, 7) is 9.31. The van der Waals surface area contributed by atoms with Gasteiger partial charge >= 0.3 is 0 Å². The topological polar surface area (TPSA) is 56.3 Å². The fourth-order valence-electron chi connectivity index (χ4n) is 4.02. The molecule has 0 atom stereocenters. The summed E-state index contributed by atoms with van der Waals surface area (Å²) in [5.74, 6) is 3.37. The number of aryl methyl sites for hydroxylation is 1. The lowest BCUT2D eigenvalue weighted by molar-refractivity contribution is 0.436. The molecule has 2 aliphatic rings. The van der Waals surface area contributed by atoms with Crippen molar-refractivity contribution >= 4 is 34.9 Å². The van der Waals surface area contributed by atoms with Crippen LogP contribution >= 0.6 is 12.2 Å². The van der Waals surface area contributed by atoms with Gasteiger partial charge in [0.1, 0.15) is 11.6 Å². The van der Waals surface area contributed by atoms with Crippen molar-refractivity contribution in [2.45, 2.75) is 46.1 Å². The Balaban J connectivity index is 1.46. The molecule has 3 heterocycles. The molecule has 1 aromatic carbocycles. The van der Waals surface area contributed by atoms with E-state index in [2.05, 4.69) is 64.6 Å². The Bertz CT molecular complexity index is 854. The van der Waals surface area contributed by atoms with Crippen LogP contribution in [0.25, 0.3) is 0 Å². The van der Waals surface area contributed by atoms with Gasteiger partial charge in [0.15, 0.2) is 5.11 Å². The lowest BCUT2D eigenvalue weighted by Gasteiger charge is -2.32. The fourth-order valence-corrected chi connectivity index (χ4v) is 4.18. The molecule has 2 aliphatic heterocycles. The van der Waals surface area contributed by atoms with Gasteiger partial charge in [-0.3, -0.25) is 0 Å². The van der Waals surface area contributed by atoms with Crippen molar-refractivity contribution in [3.05, 3.63) is 41.5 Å². The maximum Gasteiger partial charge on any atom is 0.232 e. The third-order valence-electron chi connectivity index (χ3n) is 6.04. The monoisotopic (exact) mass is 424 g/mol. The minimum Gasteiger partial charge on any atom is -0.358 e. The van der Waals surface area contributed by atoms with Gasteiger partial charge in [0.2, 0.25) is 5.95 Å². The van der Waals surface area contributed by atoms with Gasteiger partial charge in [0, 0.05) is 38.8 Å². The molecular formula is C23H32N6S. The number of rotatable bonds is 5. The fraction of sp³-hybridized carbons (Fsp3) is 0.522. The highest BCUT2D eigenvalue weighted by molar-refractivity contribution is 7.80. The maximum absolute atomic E-state index is 5.52. The molecule has 30 heavy (non-hydrogen) atoms. The number of aromatic nitrogens is 2. The van der Waals surface area contributed by atoms with E-state index >= 15 is 0 Å². The van der Waals surface area contributed by atoms with Crippen molar-refractivity contribution in [3.63, 3.8) is 0 Å². The quantitative estimate of drug-likeness (QED) is 0.701. The van der Waals surface area contributed by atoms with E-state index in [1.54, 1.807) is 0 Å². The summed E-state index contributed by atoms with van der Waals surface area (Å²) in [5.41, 5.74) is 2.45. The van der Waals surface area contributed by atoms with Gasteiger partial charge < -0.3 is 20.4 Å². The zero-order valence-electron chi connectivity index (χ0n) is 18.0. The Morgan fingerprint density at radius 3 is 2.23 bits per heavy atom. The van der Waals surface area contributed by atoms with E-state index in [0.29, 0.717) is 17.6 Å². The van der Waals surface area contributed by atoms with Crippen LogP contribution < -0.4 is 20.4 Å². The lowest BCUT2D eigenvalue weighted by Crippen LogP contribution is -2.34. The number of hydrogen-bond acceptors (Lipinski definition) is 5. The average Bonchev–Trinajstić information content (AvgIpc) is 3.29. The average molecular weight is 425 g/mol. The predicted molar refractivity (Wildman–Crippen MR) is 128 cm³/mol. The number of thiocarbonyl (C=S) groups is 1. The molecule has 2 fully saturated rings. The molecule has 0 amide bonds. The summed E-state index contributed by atoms with van der Waals surface area (Å²) in [5, 5.41) is 7.04. The molecule has 160 valence electrons. The minimum absolute atomic E-state index is 0.548. The van der Waals surface area contributed by atoms with Crippen LogP contribution in [0.1, 0.15) is 43.7 Å². The first-order chi connectivity index (χ1) is 14.6. The first kappa shape index (κ1) is 20.8. The molecule has 2 aromatic rings. The number of anilines is 3. The highest BCUT2D eigenvalue weighted by Crippen LogP contribution is 2.27. The Hall–Kier alpha value is -2.41. The van der Waals surface area contributed by atoms with Crippen LogP contribution in [0.5, 0.6) is 0 Å². The normalized spacial score (nSPS) is 17.3. The van der Waals surface area contributed by atoms with Crippen LogP contribution in [0.3, 0.4) is 0 Å². The van der Waals surface area contributed by atoms with Crippen LogP contribution in [0.4, 0.5) is 17.6 Å². The third-order valence-corrected chi connectivity index (χ3v) is 6.28. The summed E-state index contributed by atoms with van der Waals surface area (Å²) < 4.78 is 0. The first-order valence-electron chi connectivity index (χ1n) is 11.1. The summed E-state index contributed by atoms with van der Waals surface area (Å²) in [7, 11) is 0. The van der Waals surface area contributed by atoms with Gasteiger partial charge in [0.25, 0.3) is 0 Å².